The monoisotopic (exact) mass is 225 g/mol. The van der Waals surface area contributed by atoms with Gasteiger partial charge in [0.15, 0.2) is 0 Å². The summed E-state index contributed by atoms with van der Waals surface area (Å²) in [5, 5.41) is 21.7. The zero-order chi connectivity index (χ0) is 12.0. The van der Waals surface area contributed by atoms with Crippen molar-refractivity contribution >= 4 is 0 Å². The number of nitrogens with one attached hydrogen (secondary N) is 1. The van der Waals surface area contributed by atoms with Crippen LogP contribution in [0.1, 0.15) is 18.6 Å². The molecule has 0 aliphatic rings. The molecule has 0 amide bonds. The summed E-state index contributed by atoms with van der Waals surface area (Å²) in [7, 11) is 1.61. The van der Waals surface area contributed by atoms with E-state index >= 15 is 0 Å². The molecule has 0 spiro atoms. The molecule has 0 saturated heterocycles. The Balaban J connectivity index is 2.49. The van der Waals surface area contributed by atoms with Gasteiger partial charge in [-0.25, -0.2) is 0 Å². The van der Waals surface area contributed by atoms with Crippen LogP contribution >= 0.6 is 0 Å². The van der Waals surface area contributed by atoms with Gasteiger partial charge in [0, 0.05) is 12.6 Å². The van der Waals surface area contributed by atoms with Gasteiger partial charge in [-0.2, -0.15) is 0 Å². The Morgan fingerprint density at radius 2 is 1.94 bits per heavy atom. The van der Waals surface area contributed by atoms with Crippen molar-refractivity contribution in [1.29, 1.82) is 0 Å². The van der Waals surface area contributed by atoms with Gasteiger partial charge in [-0.1, -0.05) is 12.1 Å². The van der Waals surface area contributed by atoms with Crippen LogP contribution in [0, 0.1) is 0 Å². The first-order valence-electron chi connectivity index (χ1n) is 5.33. The van der Waals surface area contributed by atoms with E-state index in [-0.39, 0.29) is 12.6 Å². The van der Waals surface area contributed by atoms with Gasteiger partial charge < -0.3 is 20.3 Å². The molecular weight excluding hydrogens is 206 g/mol. The molecule has 0 aliphatic heterocycles. The molecule has 4 nitrogen and oxygen atoms in total. The lowest BCUT2D eigenvalue weighted by Gasteiger charge is -2.15. The van der Waals surface area contributed by atoms with Crippen LogP contribution in [0.15, 0.2) is 24.3 Å². The number of hydrogen-bond donors (Lipinski definition) is 3. The lowest BCUT2D eigenvalue weighted by atomic mass is 10.1. The molecule has 0 aromatic heterocycles. The van der Waals surface area contributed by atoms with Crippen LogP contribution in [0.3, 0.4) is 0 Å². The fourth-order valence-electron chi connectivity index (χ4n) is 1.32. The van der Waals surface area contributed by atoms with Crippen LogP contribution < -0.4 is 10.1 Å². The molecule has 1 aromatic rings. The Morgan fingerprint density at radius 3 is 2.44 bits per heavy atom. The number of aliphatic hydroxyl groups is 2. The summed E-state index contributed by atoms with van der Waals surface area (Å²) < 4.78 is 5.03. The summed E-state index contributed by atoms with van der Waals surface area (Å²) in [4.78, 5) is 0. The smallest absolute Gasteiger partial charge is 0.118 e. The van der Waals surface area contributed by atoms with E-state index in [9.17, 15) is 5.11 Å². The highest BCUT2D eigenvalue weighted by Gasteiger charge is 2.08. The second kappa shape index (κ2) is 6.48. The predicted molar refractivity (Wildman–Crippen MR) is 62.5 cm³/mol. The third-order valence-electron chi connectivity index (χ3n) is 2.43. The topological polar surface area (TPSA) is 61.7 Å². The van der Waals surface area contributed by atoms with E-state index in [1.165, 1.54) is 0 Å². The van der Waals surface area contributed by atoms with E-state index in [0.717, 1.165) is 11.3 Å². The SMILES string of the molecule is COc1ccc(C(O)CNC(C)CO)cc1. The van der Waals surface area contributed by atoms with E-state index < -0.39 is 6.10 Å². The number of ether oxygens (including phenoxy) is 1. The van der Waals surface area contributed by atoms with Crippen molar-refractivity contribution < 1.29 is 14.9 Å². The van der Waals surface area contributed by atoms with Gasteiger partial charge in [0.2, 0.25) is 0 Å². The summed E-state index contributed by atoms with van der Waals surface area (Å²) >= 11 is 0. The molecule has 0 heterocycles. The number of benzene rings is 1. The summed E-state index contributed by atoms with van der Waals surface area (Å²) in [6, 6.07) is 7.28. The highest BCUT2D eigenvalue weighted by atomic mass is 16.5. The van der Waals surface area contributed by atoms with Crippen molar-refractivity contribution in [3.63, 3.8) is 0 Å². The van der Waals surface area contributed by atoms with E-state index in [1.54, 1.807) is 7.11 Å². The molecule has 0 fully saturated rings. The molecule has 4 heteroatoms. The first-order valence-corrected chi connectivity index (χ1v) is 5.33. The van der Waals surface area contributed by atoms with Crippen LogP contribution in [0.2, 0.25) is 0 Å². The van der Waals surface area contributed by atoms with Crippen LogP contribution in [-0.4, -0.2) is 36.5 Å². The first kappa shape index (κ1) is 13.0. The lowest BCUT2D eigenvalue weighted by Crippen LogP contribution is -2.32. The molecule has 1 rings (SSSR count). The van der Waals surface area contributed by atoms with E-state index in [0.29, 0.717) is 6.54 Å². The summed E-state index contributed by atoms with van der Waals surface area (Å²) in [5.74, 6) is 0.771. The maximum Gasteiger partial charge on any atom is 0.118 e. The predicted octanol–water partition coefficient (Wildman–Crippen LogP) is 0.699. The van der Waals surface area contributed by atoms with Gasteiger partial charge in [0.25, 0.3) is 0 Å². The highest BCUT2D eigenvalue weighted by molar-refractivity contribution is 5.28. The van der Waals surface area contributed by atoms with Gasteiger partial charge in [-0.15, -0.1) is 0 Å². The summed E-state index contributed by atoms with van der Waals surface area (Å²) in [6.07, 6.45) is -0.570. The standard InChI is InChI=1S/C12H19NO3/c1-9(8-14)13-7-12(15)10-3-5-11(16-2)6-4-10/h3-6,9,12-15H,7-8H2,1-2H3. The molecule has 16 heavy (non-hydrogen) atoms. The van der Waals surface area contributed by atoms with E-state index in [1.807, 2.05) is 31.2 Å². The zero-order valence-corrected chi connectivity index (χ0v) is 9.68. The Labute approximate surface area is 95.9 Å². The molecule has 2 atom stereocenters. The lowest BCUT2D eigenvalue weighted by molar-refractivity contribution is 0.161. The molecule has 2 unspecified atom stereocenters. The maximum absolute atomic E-state index is 9.84. The van der Waals surface area contributed by atoms with E-state index in [4.69, 9.17) is 9.84 Å². The molecule has 0 saturated carbocycles. The van der Waals surface area contributed by atoms with Gasteiger partial charge in [0.1, 0.15) is 5.75 Å². The molecular formula is C12H19NO3. The van der Waals surface area contributed by atoms with Crippen molar-refractivity contribution in [2.45, 2.75) is 19.1 Å². The van der Waals surface area contributed by atoms with Crippen molar-refractivity contribution in [3.05, 3.63) is 29.8 Å². The Bertz CT molecular complexity index is 300. The average Bonchev–Trinajstić information content (AvgIpc) is 2.35. The number of methoxy groups -OCH3 is 1. The Hall–Kier alpha value is -1.10. The summed E-state index contributed by atoms with van der Waals surface area (Å²) in [6.45, 7) is 2.35. The minimum absolute atomic E-state index is 0.00658. The first-order chi connectivity index (χ1) is 7.67. The highest BCUT2D eigenvalue weighted by Crippen LogP contribution is 2.16. The van der Waals surface area contributed by atoms with Crippen molar-refractivity contribution in [2.75, 3.05) is 20.3 Å². The molecule has 0 aliphatic carbocycles. The molecule has 1 aromatic carbocycles. The van der Waals surface area contributed by atoms with Crippen LogP contribution in [0.25, 0.3) is 0 Å². The second-order valence-electron chi connectivity index (χ2n) is 3.78. The van der Waals surface area contributed by atoms with Crippen LogP contribution in [0.4, 0.5) is 0 Å². The average molecular weight is 225 g/mol. The van der Waals surface area contributed by atoms with Gasteiger partial charge in [-0.05, 0) is 24.6 Å². The molecule has 3 N–H and O–H groups in total. The number of rotatable bonds is 6. The van der Waals surface area contributed by atoms with Crippen LogP contribution in [0.5, 0.6) is 5.75 Å². The molecule has 0 radical (unpaired) electrons. The van der Waals surface area contributed by atoms with Crippen molar-refractivity contribution in [2.24, 2.45) is 0 Å². The number of aliphatic hydroxyl groups excluding tert-OH is 2. The largest absolute Gasteiger partial charge is 0.497 e. The fraction of sp³-hybridized carbons (Fsp3) is 0.500. The van der Waals surface area contributed by atoms with Crippen LogP contribution in [-0.2, 0) is 0 Å². The quantitative estimate of drug-likeness (QED) is 0.667. The van der Waals surface area contributed by atoms with Crippen molar-refractivity contribution in [3.8, 4) is 5.75 Å². The zero-order valence-electron chi connectivity index (χ0n) is 9.68. The maximum atomic E-state index is 9.84. The minimum atomic E-state index is -0.570. The van der Waals surface area contributed by atoms with Gasteiger partial charge in [-0.3, -0.25) is 0 Å². The minimum Gasteiger partial charge on any atom is -0.497 e. The van der Waals surface area contributed by atoms with Gasteiger partial charge in [0.05, 0.1) is 19.8 Å². The Kier molecular flexibility index (Phi) is 5.25. The van der Waals surface area contributed by atoms with E-state index in [2.05, 4.69) is 5.32 Å². The molecule has 0 bridgehead atoms. The fourth-order valence-corrected chi connectivity index (χ4v) is 1.32. The second-order valence-corrected chi connectivity index (χ2v) is 3.78. The van der Waals surface area contributed by atoms with Crippen molar-refractivity contribution in [1.82, 2.24) is 5.32 Å². The third kappa shape index (κ3) is 3.81. The third-order valence-corrected chi connectivity index (χ3v) is 2.43. The van der Waals surface area contributed by atoms with Gasteiger partial charge >= 0.3 is 0 Å². The number of hydrogen-bond acceptors (Lipinski definition) is 4. The Morgan fingerprint density at radius 1 is 1.31 bits per heavy atom. The normalized spacial score (nSPS) is 14.5. The molecule has 90 valence electrons. The summed E-state index contributed by atoms with van der Waals surface area (Å²) in [5.41, 5.74) is 0.832.